The summed E-state index contributed by atoms with van der Waals surface area (Å²) in [4.78, 5) is 13.4. The lowest BCUT2D eigenvalue weighted by Crippen LogP contribution is -2.31. The molecule has 0 fully saturated rings. The number of benzene rings is 2. The minimum absolute atomic E-state index is 0.0293. The van der Waals surface area contributed by atoms with E-state index in [4.69, 9.17) is 0 Å². The van der Waals surface area contributed by atoms with E-state index in [9.17, 15) is 4.79 Å². The van der Waals surface area contributed by atoms with Gasteiger partial charge in [0.1, 0.15) is 0 Å². The summed E-state index contributed by atoms with van der Waals surface area (Å²) < 4.78 is 2.12. The molecule has 0 aliphatic rings. The van der Waals surface area contributed by atoms with E-state index >= 15 is 0 Å². The van der Waals surface area contributed by atoms with Crippen LogP contribution in [0, 0.1) is 6.92 Å². The molecule has 164 valence electrons. The Bertz CT molecular complexity index is 1180. The van der Waals surface area contributed by atoms with Crippen molar-refractivity contribution in [2.75, 3.05) is 0 Å². The summed E-state index contributed by atoms with van der Waals surface area (Å²) in [6.07, 6.45) is 0.912. The minimum Gasteiger partial charge on any atom is -0.350 e. The van der Waals surface area contributed by atoms with Crippen LogP contribution in [0.2, 0.25) is 0 Å². The number of amides is 1. The number of nitrogens with one attached hydrogen (secondary N) is 1. The van der Waals surface area contributed by atoms with Gasteiger partial charge in [0, 0.05) is 17.4 Å². The Kier molecular flexibility index (Phi) is 7.07. The first-order valence-electron chi connectivity index (χ1n) is 10.6. The van der Waals surface area contributed by atoms with Crippen LogP contribution in [0.5, 0.6) is 0 Å². The van der Waals surface area contributed by atoms with Gasteiger partial charge in [-0.05, 0) is 67.1 Å². The SMILES string of the molecule is CC[C@H](C)NC(=O)c1ccc(CSc2nnc(-c3cccs3)n2-c2cccc(C)c2)cc1. The summed E-state index contributed by atoms with van der Waals surface area (Å²) in [5.74, 6) is 1.56. The molecule has 0 saturated carbocycles. The smallest absolute Gasteiger partial charge is 0.251 e. The van der Waals surface area contributed by atoms with E-state index in [-0.39, 0.29) is 11.9 Å². The van der Waals surface area contributed by atoms with Gasteiger partial charge >= 0.3 is 0 Å². The molecule has 1 atom stereocenters. The minimum atomic E-state index is -0.0293. The predicted molar refractivity (Wildman–Crippen MR) is 133 cm³/mol. The summed E-state index contributed by atoms with van der Waals surface area (Å²) in [6.45, 7) is 6.16. The van der Waals surface area contributed by atoms with E-state index in [0.717, 1.165) is 39.3 Å². The summed E-state index contributed by atoms with van der Waals surface area (Å²) in [6, 6.07) is 20.4. The van der Waals surface area contributed by atoms with Crippen molar-refractivity contribution in [1.29, 1.82) is 0 Å². The Morgan fingerprint density at radius 3 is 2.62 bits per heavy atom. The lowest BCUT2D eigenvalue weighted by Gasteiger charge is -2.12. The van der Waals surface area contributed by atoms with Crippen molar-refractivity contribution >= 4 is 29.0 Å². The second-order valence-corrected chi connectivity index (χ2v) is 9.62. The predicted octanol–water partition coefficient (Wildman–Crippen LogP) is 6.12. The molecule has 1 amide bonds. The third kappa shape index (κ3) is 5.11. The monoisotopic (exact) mass is 462 g/mol. The van der Waals surface area contributed by atoms with Crippen molar-refractivity contribution in [3.63, 3.8) is 0 Å². The molecule has 2 heterocycles. The first-order chi connectivity index (χ1) is 15.5. The van der Waals surface area contributed by atoms with E-state index in [0.29, 0.717) is 5.56 Å². The highest BCUT2D eigenvalue weighted by Crippen LogP contribution is 2.32. The fourth-order valence-corrected chi connectivity index (χ4v) is 4.84. The van der Waals surface area contributed by atoms with Crippen LogP contribution in [0.3, 0.4) is 0 Å². The summed E-state index contributed by atoms with van der Waals surface area (Å²) in [5, 5.41) is 14.9. The van der Waals surface area contributed by atoms with Crippen molar-refractivity contribution in [2.24, 2.45) is 0 Å². The van der Waals surface area contributed by atoms with Crippen LogP contribution in [0.4, 0.5) is 0 Å². The molecule has 0 spiro atoms. The topological polar surface area (TPSA) is 59.8 Å². The molecule has 32 heavy (non-hydrogen) atoms. The molecule has 4 rings (SSSR count). The highest BCUT2D eigenvalue weighted by atomic mass is 32.2. The first-order valence-corrected chi connectivity index (χ1v) is 12.5. The number of hydrogen-bond acceptors (Lipinski definition) is 5. The molecule has 0 saturated heterocycles. The normalized spacial score (nSPS) is 12.0. The van der Waals surface area contributed by atoms with Crippen LogP contribution in [0.25, 0.3) is 16.4 Å². The molecular weight excluding hydrogens is 436 g/mol. The van der Waals surface area contributed by atoms with Crippen LogP contribution in [-0.2, 0) is 5.75 Å². The van der Waals surface area contributed by atoms with Gasteiger partial charge in [-0.1, -0.05) is 49.0 Å². The molecule has 5 nitrogen and oxygen atoms in total. The second-order valence-electron chi connectivity index (χ2n) is 7.73. The largest absolute Gasteiger partial charge is 0.350 e. The highest BCUT2D eigenvalue weighted by molar-refractivity contribution is 7.98. The molecule has 2 aromatic carbocycles. The average molecular weight is 463 g/mol. The molecule has 4 aromatic rings. The number of nitrogens with zero attached hydrogens (tertiary/aromatic N) is 3. The number of aryl methyl sites for hydroxylation is 1. The van der Waals surface area contributed by atoms with E-state index in [1.165, 1.54) is 5.56 Å². The van der Waals surface area contributed by atoms with Gasteiger partial charge in [-0.2, -0.15) is 0 Å². The second kappa shape index (κ2) is 10.1. The van der Waals surface area contributed by atoms with Crippen molar-refractivity contribution in [3.8, 4) is 16.4 Å². The molecule has 7 heteroatoms. The van der Waals surface area contributed by atoms with Gasteiger partial charge in [0.25, 0.3) is 5.91 Å². The maximum Gasteiger partial charge on any atom is 0.251 e. The van der Waals surface area contributed by atoms with Crippen LogP contribution in [0.15, 0.2) is 71.2 Å². The van der Waals surface area contributed by atoms with Gasteiger partial charge in [-0.25, -0.2) is 0 Å². The number of aromatic nitrogens is 3. The summed E-state index contributed by atoms with van der Waals surface area (Å²) in [5.41, 5.74) is 4.06. The zero-order chi connectivity index (χ0) is 22.5. The number of hydrogen-bond donors (Lipinski definition) is 1. The average Bonchev–Trinajstić information content (AvgIpc) is 3.47. The van der Waals surface area contributed by atoms with Crippen LogP contribution in [-0.4, -0.2) is 26.7 Å². The van der Waals surface area contributed by atoms with Crippen molar-refractivity contribution < 1.29 is 4.79 Å². The van der Waals surface area contributed by atoms with Gasteiger partial charge in [-0.3, -0.25) is 9.36 Å². The van der Waals surface area contributed by atoms with E-state index in [1.54, 1.807) is 23.1 Å². The maximum atomic E-state index is 12.3. The Hall–Kier alpha value is -2.90. The van der Waals surface area contributed by atoms with Crippen molar-refractivity contribution in [1.82, 2.24) is 20.1 Å². The van der Waals surface area contributed by atoms with Crippen molar-refractivity contribution in [2.45, 2.75) is 44.1 Å². The Morgan fingerprint density at radius 2 is 1.94 bits per heavy atom. The molecule has 0 aliphatic heterocycles. The fraction of sp³-hybridized carbons (Fsp3) is 0.240. The number of carbonyl (C=O) groups is 1. The molecule has 0 aliphatic carbocycles. The van der Waals surface area contributed by atoms with Gasteiger partial charge in [0.2, 0.25) is 0 Å². The van der Waals surface area contributed by atoms with Gasteiger partial charge in [-0.15, -0.1) is 21.5 Å². The number of carbonyl (C=O) groups excluding carboxylic acids is 1. The standard InChI is InChI=1S/C25H26N4OS2/c1-4-18(3)26-24(30)20-12-10-19(11-13-20)16-32-25-28-27-23(22-9-6-14-31-22)29(25)21-8-5-7-17(2)15-21/h5-15,18H,4,16H2,1-3H3,(H,26,30)/t18-/m0/s1. The number of thioether (sulfide) groups is 1. The maximum absolute atomic E-state index is 12.3. The lowest BCUT2D eigenvalue weighted by molar-refractivity contribution is 0.0939. The van der Waals surface area contributed by atoms with E-state index in [2.05, 4.69) is 69.6 Å². The molecule has 0 unspecified atom stereocenters. The molecule has 0 bridgehead atoms. The number of thiophene rings is 1. The third-order valence-corrected chi connectivity index (χ3v) is 7.07. The van der Waals surface area contributed by atoms with Gasteiger partial charge in [0.05, 0.1) is 10.6 Å². The molecule has 1 N–H and O–H groups in total. The van der Waals surface area contributed by atoms with Crippen LogP contribution >= 0.6 is 23.1 Å². The van der Waals surface area contributed by atoms with Gasteiger partial charge in [0.15, 0.2) is 11.0 Å². The Balaban J connectivity index is 1.54. The first kappa shape index (κ1) is 22.3. The van der Waals surface area contributed by atoms with Gasteiger partial charge < -0.3 is 5.32 Å². The van der Waals surface area contributed by atoms with Crippen LogP contribution in [0.1, 0.15) is 41.8 Å². The Labute approximate surface area is 196 Å². The van der Waals surface area contributed by atoms with E-state index < -0.39 is 0 Å². The summed E-state index contributed by atoms with van der Waals surface area (Å²) in [7, 11) is 0. The zero-order valence-corrected chi connectivity index (χ0v) is 20.0. The molecule has 2 aromatic heterocycles. The van der Waals surface area contributed by atoms with Crippen LogP contribution < -0.4 is 5.32 Å². The quantitative estimate of drug-likeness (QED) is 0.320. The van der Waals surface area contributed by atoms with E-state index in [1.807, 2.05) is 37.3 Å². The van der Waals surface area contributed by atoms with Crippen molar-refractivity contribution in [3.05, 3.63) is 82.7 Å². The Morgan fingerprint density at radius 1 is 1.12 bits per heavy atom. The molecular formula is C25H26N4OS2. The summed E-state index contributed by atoms with van der Waals surface area (Å²) >= 11 is 3.30. The number of rotatable bonds is 8. The highest BCUT2D eigenvalue weighted by Gasteiger charge is 2.17. The third-order valence-electron chi connectivity index (χ3n) is 5.21. The fourth-order valence-electron chi connectivity index (χ4n) is 3.24. The lowest BCUT2D eigenvalue weighted by atomic mass is 10.1. The molecule has 0 radical (unpaired) electrons. The zero-order valence-electron chi connectivity index (χ0n) is 18.4.